The molecule has 4 nitrogen and oxygen atoms in total. The first-order chi connectivity index (χ1) is 14.9. The van der Waals surface area contributed by atoms with Gasteiger partial charge in [0.2, 0.25) is 10.0 Å². The van der Waals surface area contributed by atoms with Crippen molar-refractivity contribution in [3.8, 4) is 0 Å². The smallest absolute Gasteiger partial charge is 0.243 e. The number of ketones is 1. The van der Waals surface area contributed by atoms with Crippen LogP contribution in [0, 0.1) is 18.8 Å². The topological polar surface area (TPSA) is 54.5 Å². The Bertz CT molecular complexity index is 1130. The van der Waals surface area contributed by atoms with E-state index in [1.165, 1.54) is 4.31 Å². The minimum absolute atomic E-state index is 0.0516. The van der Waals surface area contributed by atoms with Gasteiger partial charge in [-0.1, -0.05) is 84.9 Å². The molecule has 0 bridgehead atoms. The Morgan fingerprint density at radius 2 is 1.32 bits per heavy atom. The van der Waals surface area contributed by atoms with Gasteiger partial charge in [0.1, 0.15) is 0 Å². The Hall–Kier alpha value is -3.02. The number of hydrogen-bond donors (Lipinski definition) is 0. The van der Waals surface area contributed by atoms with Crippen LogP contribution in [0.25, 0.3) is 5.57 Å². The van der Waals surface area contributed by atoms with Crippen molar-refractivity contribution in [2.75, 3.05) is 13.1 Å². The molecule has 4 rings (SSSR count). The van der Waals surface area contributed by atoms with Crippen LogP contribution < -0.4 is 0 Å². The van der Waals surface area contributed by atoms with Gasteiger partial charge in [0, 0.05) is 30.5 Å². The summed E-state index contributed by atoms with van der Waals surface area (Å²) >= 11 is 0. The molecule has 1 aliphatic heterocycles. The lowest BCUT2D eigenvalue weighted by atomic mass is 9.81. The van der Waals surface area contributed by atoms with Crippen LogP contribution in [0.1, 0.15) is 21.5 Å². The number of rotatable bonds is 6. The Kier molecular flexibility index (Phi) is 5.90. The molecule has 5 heteroatoms. The van der Waals surface area contributed by atoms with Crippen LogP contribution >= 0.6 is 0 Å². The lowest BCUT2D eigenvalue weighted by Crippen LogP contribution is -2.30. The first-order valence-corrected chi connectivity index (χ1v) is 11.7. The summed E-state index contributed by atoms with van der Waals surface area (Å²) in [6, 6.07) is 25.5. The Labute approximate surface area is 183 Å². The van der Waals surface area contributed by atoms with Crippen molar-refractivity contribution in [3.63, 3.8) is 0 Å². The summed E-state index contributed by atoms with van der Waals surface area (Å²) in [5.41, 5.74) is 3.30. The number of sulfonamides is 1. The summed E-state index contributed by atoms with van der Waals surface area (Å²) in [4.78, 5) is 13.6. The van der Waals surface area contributed by atoms with Crippen molar-refractivity contribution in [3.05, 3.63) is 108 Å². The highest BCUT2D eigenvalue weighted by molar-refractivity contribution is 7.89. The van der Waals surface area contributed by atoms with Crippen molar-refractivity contribution < 1.29 is 13.2 Å². The average molecular weight is 432 g/mol. The maximum absolute atomic E-state index is 13.4. The van der Waals surface area contributed by atoms with Crippen molar-refractivity contribution in [2.24, 2.45) is 11.8 Å². The SMILES string of the molecule is C=C(c1ccccc1)[C@@H]1CN(S(=O)(=O)c2ccc(C)cc2)C[C@H]1C(=O)c1ccccc1. The molecule has 31 heavy (non-hydrogen) atoms. The van der Waals surface area contributed by atoms with Crippen LogP contribution in [0.15, 0.2) is 96.4 Å². The minimum atomic E-state index is -3.71. The average Bonchev–Trinajstić information content (AvgIpc) is 3.26. The van der Waals surface area contributed by atoms with Gasteiger partial charge in [0.05, 0.1) is 4.90 Å². The standard InChI is InChI=1S/C26H25NO3S/c1-19-13-15-23(16-14-19)31(29,30)27-17-24(20(2)21-9-5-3-6-10-21)25(18-27)26(28)22-11-7-4-8-12-22/h3-16,24-25H,2,17-18H2,1H3/t24-,25+/m0/s1. The molecule has 3 aromatic carbocycles. The quantitative estimate of drug-likeness (QED) is 0.526. The number of benzene rings is 3. The fourth-order valence-electron chi connectivity index (χ4n) is 4.12. The Morgan fingerprint density at radius 1 is 0.806 bits per heavy atom. The van der Waals surface area contributed by atoms with Gasteiger partial charge in [-0.3, -0.25) is 4.79 Å². The molecule has 0 aliphatic carbocycles. The van der Waals surface area contributed by atoms with Crippen LogP contribution in [0.2, 0.25) is 0 Å². The van der Waals surface area contributed by atoms with Gasteiger partial charge in [0.25, 0.3) is 0 Å². The molecule has 1 saturated heterocycles. The molecule has 0 aromatic heterocycles. The predicted molar refractivity (Wildman–Crippen MR) is 123 cm³/mol. The van der Waals surface area contributed by atoms with E-state index in [9.17, 15) is 13.2 Å². The third-order valence-corrected chi connectivity index (χ3v) is 7.78. The molecule has 0 saturated carbocycles. The lowest BCUT2D eigenvalue weighted by Gasteiger charge is -2.20. The highest BCUT2D eigenvalue weighted by Gasteiger charge is 2.44. The van der Waals surface area contributed by atoms with Crippen molar-refractivity contribution in [2.45, 2.75) is 11.8 Å². The first-order valence-electron chi connectivity index (χ1n) is 10.3. The maximum Gasteiger partial charge on any atom is 0.243 e. The highest BCUT2D eigenvalue weighted by Crippen LogP contribution is 2.38. The zero-order chi connectivity index (χ0) is 22.0. The van der Waals surface area contributed by atoms with Gasteiger partial charge in [-0.05, 0) is 30.2 Å². The zero-order valence-corrected chi connectivity index (χ0v) is 18.3. The van der Waals surface area contributed by atoms with Crippen LogP contribution in [0.5, 0.6) is 0 Å². The molecule has 0 spiro atoms. The fourth-order valence-corrected chi connectivity index (χ4v) is 5.62. The molecular formula is C26H25NO3S. The van der Waals surface area contributed by atoms with E-state index in [-0.39, 0.29) is 29.7 Å². The van der Waals surface area contributed by atoms with Crippen LogP contribution in [0.3, 0.4) is 0 Å². The second-order valence-electron chi connectivity index (χ2n) is 7.97. The molecule has 0 unspecified atom stereocenters. The highest BCUT2D eigenvalue weighted by atomic mass is 32.2. The lowest BCUT2D eigenvalue weighted by molar-refractivity contribution is 0.0914. The van der Waals surface area contributed by atoms with Crippen LogP contribution in [-0.4, -0.2) is 31.6 Å². The van der Waals surface area contributed by atoms with Gasteiger partial charge in [-0.2, -0.15) is 4.31 Å². The molecule has 0 radical (unpaired) electrons. The second-order valence-corrected chi connectivity index (χ2v) is 9.91. The van der Waals surface area contributed by atoms with Crippen LogP contribution in [0.4, 0.5) is 0 Å². The Balaban J connectivity index is 1.70. The monoisotopic (exact) mass is 431 g/mol. The first kappa shape index (κ1) is 21.2. The molecule has 3 aromatic rings. The summed E-state index contributed by atoms with van der Waals surface area (Å²) < 4.78 is 28.1. The summed E-state index contributed by atoms with van der Waals surface area (Å²) in [6.07, 6.45) is 0. The van der Waals surface area contributed by atoms with E-state index in [2.05, 4.69) is 6.58 Å². The van der Waals surface area contributed by atoms with E-state index >= 15 is 0 Å². The third-order valence-electron chi connectivity index (χ3n) is 5.93. The van der Waals surface area contributed by atoms with Gasteiger partial charge in [-0.15, -0.1) is 0 Å². The van der Waals surface area contributed by atoms with Gasteiger partial charge in [-0.25, -0.2) is 8.42 Å². The van der Waals surface area contributed by atoms with E-state index < -0.39 is 15.9 Å². The number of hydrogen-bond acceptors (Lipinski definition) is 3. The number of carbonyl (C=O) groups excluding carboxylic acids is 1. The Morgan fingerprint density at radius 3 is 1.90 bits per heavy atom. The summed E-state index contributed by atoms with van der Waals surface area (Å²) in [7, 11) is -3.71. The molecule has 158 valence electrons. The molecule has 1 aliphatic rings. The van der Waals surface area contributed by atoms with E-state index in [1.807, 2.05) is 55.5 Å². The van der Waals surface area contributed by atoms with Gasteiger partial charge < -0.3 is 0 Å². The summed E-state index contributed by atoms with van der Waals surface area (Å²) in [5, 5.41) is 0. The largest absolute Gasteiger partial charge is 0.294 e. The minimum Gasteiger partial charge on any atom is -0.294 e. The van der Waals surface area contributed by atoms with E-state index in [1.54, 1.807) is 36.4 Å². The number of nitrogens with zero attached hydrogens (tertiary/aromatic N) is 1. The molecule has 0 N–H and O–H groups in total. The molecule has 1 heterocycles. The van der Waals surface area contributed by atoms with Crippen molar-refractivity contribution in [1.82, 2.24) is 4.31 Å². The van der Waals surface area contributed by atoms with Crippen LogP contribution in [-0.2, 0) is 10.0 Å². The number of carbonyl (C=O) groups is 1. The molecule has 2 atom stereocenters. The summed E-state index contributed by atoms with van der Waals surface area (Å²) in [6.45, 7) is 6.55. The third kappa shape index (κ3) is 4.24. The number of Topliss-reactive ketones (excluding diaryl/α,β-unsaturated/α-hetero) is 1. The maximum atomic E-state index is 13.4. The van der Waals surface area contributed by atoms with Crippen molar-refractivity contribution in [1.29, 1.82) is 0 Å². The zero-order valence-electron chi connectivity index (χ0n) is 17.4. The normalized spacial score (nSPS) is 19.3. The van der Waals surface area contributed by atoms with Crippen molar-refractivity contribution >= 4 is 21.4 Å². The van der Waals surface area contributed by atoms with Gasteiger partial charge >= 0.3 is 0 Å². The molecular weight excluding hydrogens is 406 g/mol. The second kappa shape index (κ2) is 8.61. The predicted octanol–water partition coefficient (Wildman–Crippen LogP) is 4.83. The number of aryl methyl sites for hydroxylation is 1. The fraction of sp³-hybridized carbons (Fsp3) is 0.192. The molecule has 1 fully saturated rings. The van der Waals surface area contributed by atoms with Gasteiger partial charge in [0.15, 0.2) is 5.78 Å². The summed E-state index contributed by atoms with van der Waals surface area (Å²) in [5.74, 6) is -0.838. The molecule has 0 amide bonds. The van der Waals surface area contributed by atoms with E-state index in [0.29, 0.717) is 5.56 Å². The van der Waals surface area contributed by atoms with E-state index in [0.717, 1.165) is 16.7 Å². The van der Waals surface area contributed by atoms with E-state index in [4.69, 9.17) is 0 Å².